The van der Waals surface area contributed by atoms with E-state index in [4.69, 9.17) is 22.5 Å². The average molecular weight is 266 g/mol. The number of hydrogen-bond donors (Lipinski definition) is 0. The van der Waals surface area contributed by atoms with Crippen LogP contribution in [0.1, 0.15) is 5.56 Å². The minimum atomic E-state index is -1.55. The van der Waals surface area contributed by atoms with E-state index in [1.165, 1.54) is 7.11 Å². The van der Waals surface area contributed by atoms with Crippen LogP contribution in [0.3, 0.4) is 0 Å². The molecule has 0 aliphatic carbocycles. The van der Waals surface area contributed by atoms with Gasteiger partial charge >= 0.3 is 0 Å². The fourth-order valence-electron chi connectivity index (χ4n) is 1.08. The number of methoxy groups -OCH3 is 1. The van der Waals surface area contributed by atoms with Gasteiger partial charge in [0.15, 0.2) is 19.0 Å². The average Bonchev–Trinajstić information content (AvgIpc) is 2.17. The zero-order valence-electron chi connectivity index (χ0n) is 8.28. The van der Waals surface area contributed by atoms with Gasteiger partial charge in [0.05, 0.1) is 0 Å². The lowest BCUT2D eigenvalue weighted by Gasteiger charge is -2.12. The van der Waals surface area contributed by atoms with Crippen LogP contribution in [0.5, 0.6) is 0 Å². The van der Waals surface area contributed by atoms with Gasteiger partial charge in [-0.2, -0.15) is 4.57 Å². The smallest absolute Gasteiger partial charge is 0.260 e. The molecule has 0 atom stereocenters. The first-order chi connectivity index (χ1) is 7.06. The third kappa shape index (κ3) is 3.23. The van der Waals surface area contributed by atoms with Crippen LogP contribution in [0.2, 0.25) is 0 Å². The van der Waals surface area contributed by atoms with E-state index in [0.717, 1.165) is 5.56 Å². The van der Waals surface area contributed by atoms with Crippen molar-refractivity contribution in [2.24, 2.45) is 0 Å². The highest BCUT2D eigenvalue weighted by molar-refractivity contribution is 8.10. The van der Waals surface area contributed by atoms with E-state index in [2.05, 4.69) is 4.74 Å². The van der Waals surface area contributed by atoms with Crippen LogP contribution in [-0.2, 0) is 4.74 Å². The van der Waals surface area contributed by atoms with E-state index < -0.39 is 12.6 Å². The van der Waals surface area contributed by atoms with Crippen LogP contribution in [0, 0.1) is 6.92 Å². The van der Waals surface area contributed by atoms with Gasteiger partial charge in [-0.05, 0) is 20.1 Å². The monoisotopic (exact) mass is 265 g/mol. The zero-order chi connectivity index (χ0) is 11.4. The molecule has 1 heterocycles. The summed E-state index contributed by atoms with van der Waals surface area (Å²) in [5.74, 6) is -0.512. The summed E-state index contributed by atoms with van der Waals surface area (Å²) in [6.07, 6.45) is 3.48. The molecule has 1 aromatic rings. The Bertz CT molecular complexity index is 382. The van der Waals surface area contributed by atoms with Crippen LogP contribution < -0.4 is 9.67 Å². The van der Waals surface area contributed by atoms with Crippen molar-refractivity contribution in [2.45, 2.75) is 6.92 Å². The molecule has 0 aliphatic heterocycles. The van der Waals surface area contributed by atoms with Gasteiger partial charge < -0.3 is 9.84 Å². The van der Waals surface area contributed by atoms with Crippen LogP contribution >= 0.6 is 29.1 Å². The lowest BCUT2D eigenvalue weighted by molar-refractivity contribution is -0.581. The molecule has 0 radical (unpaired) electrons. The molecule has 0 spiro atoms. The van der Waals surface area contributed by atoms with Crippen molar-refractivity contribution in [3.8, 4) is 0 Å². The first-order valence-electron chi connectivity index (χ1n) is 4.11. The Hall–Kier alpha value is -0.500. The summed E-state index contributed by atoms with van der Waals surface area (Å²) in [7, 11) is 1.30. The standard InChI is InChI=1S/C9H10Cl2NO2P/c1-7-4-3-5-12(6-7)8(15(10)11)9(13)14-2/h3-6H,1-2H3/b9-8-. The Labute approximate surface area is 99.2 Å². The first kappa shape index (κ1) is 12.6. The molecular formula is C9H10Cl2NO2P. The molecule has 0 aliphatic rings. The van der Waals surface area contributed by atoms with Gasteiger partial charge in [0.25, 0.3) is 5.44 Å². The summed E-state index contributed by atoms with van der Waals surface area (Å²) >= 11 is 11.6. The molecule has 82 valence electrons. The number of hydrogen-bond acceptors (Lipinski definition) is 2. The van der Waals surface area contributed by atoms with Gasteiger partial charge in [-0.25, -0.2) is 0 Å². The van der Waals surface area contributed by atoms with Crippen LogP contribution in [0.25, 0.3) is 5.44 Å². The third-order valence-electron chi connectivity index (χ3n) is 1.72. The number of pyridine rings is 1. The second-order valence-electron chi connectivity index (χ2n) is 2.84. The highest BCUT2D eigenvalue weighted by atomic mass is 35.9. The second kappa shape index (κ2) is 5.55. The summed E-state index contributed by atoms with van der Waals surface area (Å²) < 4.78 is 6.21. The van der Waals surface area contributed by atoms with Gasteiger partial charge in [0.2, 0.25) is 0 Å². The predicted octanol–water partition coefficient (Wildman–Crippen LogP) is 2.16. The maximum absolute atomic E-state index is 11.4. The van der Waals surface area contributed by atoms with Gasteiger partial charge in [0.1, 0.15) is 5.95 Å². The highest BCUT2D eigenvalue weighted by Crippen LogP contribution is 2.55. The fraction of sp³-hybridized carbons (Fsp3) is 0.222. The van der Waals surface area contributed by atoms with Crippen molar-refractivity contribution in [2.75, 3.05) is 7.11 Å². The van der Waals surface area contributed by atoms with Gasteiger partial charge in [-0.15, -0.1) is 0 Å². The molecule has 0 fully saturated rings. The van der Waals surface area contributed by atoms with Crippen LogP contribution in [0.15, 0.2) is 30.5 Å². The quantitative estimate of drug-likeness (QED) is 0.477. The molecule has 0 saturated carbocycles. The van der Waals surface area contributed by atoms with Gasteiger partial charge in [-0.1, -0.05) is 22.5 Å². The molecule has 0 bridgehead atoms. The molecule has 1 aromatic heterocycles. The predicted molar refractivity (Wildman–Crippen MR) is 60.2 cm³/mol. The van der Waals surface area contributed by atoms with E-state index in [1.807, 2.05) is 19.1 Å². The SMILES string of the molecule is CO/C([O-])=C(/[n+]1cccc(C)c1)P(Cl)Cl. The lowest BCUT2D eigenvalue weighted by Crippen LogP contribution is -2.33. The van der Waals surface area contributed by atoms with Crippen molar-refractivity contribution >= 4 is 34.5 Å². The number of nitrogens with zero attached hydrogens (tertiary/aromatic N) is 1. The number of ether oxygens (including phenoxy) is 1. The van der Waals surface area contributed by atoms with E-state index in [-0.39, 0.29) is 5.44 Å². The topological polar surface area (TPSA) is 36.2 Å². The summed E-state index contributed by atoms with van der Waals surface area (Å²) in [5.41, 5.74) is 1.25. The molecule has 0 N–H and O–H groups in total. The van der Waals surface area contributed by atoms with Gasteiger partial charge in [-0.3, -0.25) is 0 Å². The minimum absolute atomic E-state index is 0.250. The number of aromatic nitrogens is 1. The minimum Gasteiger partial charge on any atom is -0.612 e. The summed E-state index contributed by atoms with van der Waals surface area (Å²) in [6.45, 7) is 0.365. The zero-order valence-corrected chi connectivity index (χ0v) is 10.7. The van der Waals surface area contributed by atoms with Crippen LogP contribution in [-0.4, -0.2) is 7.11 Å². The molecule has 6 heteroatoms. The van der Waals surface area contributed by atoms with Crippen molar-refractivity contribution in [1.29, 1.82) is 0 Å². The van der Waals surface area contributed by atoms with Crippen molar-refractivity contribution in [3.05, 3.63) is 36.0 Å². The van der Waals surface area contributed by atoms with E-state index in [1.54, 1.807) is 17.0 Å². The molecule has 0 unspecified atom stereocenters. The number of rotatable bonds is 3. The Balaban J connectivity index is 3.22. The molecular weight excluding hydrogens is 256 g/mol. The van der Waals surface area contributed by atoms with Crippen molar-refractivity contribution in [1.82, 2.24) is 0 Å². The normalized spacial score (nSPS) is 12.6. The largest absolute Gasteiger partial charge is 0.612 e. The van der Waals surface area contributed by atoms with E-state index in [0.29, 0.717) is 0 Å². The van der Waals surface area contributed by atoms with E-state index in [9.17, 15) is 5.11 Å². The first-order valence-corrected chi connectivity index (χ1v) is 7.26. The molecule has 0 aromatic carbocycles. The van der Waals surface area contributed by atoms with Crippen molar-refractivity contribution < 1.29 is 14.4 Å². The Kier molecular flexibility index (Phi) is 4.65. The fourth-order valence-corrected chi connectivity index (χ4v) is 2.54. The number of aryl methyl sites for hydroxylation is 1. The molecule has 1 rings (SSSR count). The maximum Gasteiger partial charge on any atom is 0.260 e. The second-order valence-corrected chi connectivity index (χ2v) is 6.27. The van der Waals surface area contributed by atoms with Crippen LogP contribution in [0.4, 0.5) is 0 Å². The Morgan fingerprint density at radius 1 is 1.53 bits per heavy atom. The molecule has 0 saturated heterocycles. The Morgan fingerprint density at radius 3 is 2.67 bits per heavy atom. The molecule has 0 amide bonds. The van der Waals surface area contributed by atoms with Crippen molar-refractivity contribution in [3.63, 3.8) is 0 Å². The molecule has 15 heavy (non-hydrogen) atoms. The maximum atomic E-state index is 11.4. The summed E-state index contributed by atoms with van der Waals surface area (Å²) in [4.78, 5) is 0. The summed E-state index contributed by atoms with van der Waals surface area (Å²) in [5, 5.41) is 11.4. The Morgan fingerprint density at radius 2 is 2.20 bits per heavy atom. The third-order valence-corrected chi connectivity index (χ3v) is 3.42. The van der Waals surface area contributed by atoms with Gasteiger partial charge in [0, 0.05) is 11.6 Å². The lowest BCUT2D eigenvalue weighted by atomic mass is 10.3. The van der Waals surface area contributed by atoms with E-state index >= 15 is 0 Å². The molecule has 3 nitrogen and oxygen atoms in total. The summed E-state index contributed by atoms with van der Waals surface area (Å²) in [6, 6.07) is 3.72. The highest BCUT2D eigenvalue weighted by Gasteiger charge is 2.21. The number of halogens is 2.